The molecule has 0 saturated heterocycles. The third-order valence-electron chi connectivity index (χ3n) is 4.75. The summed E-state index contributed by atoms with van der Waals surface area (Å²) in [5.74, 6) is 1.09. The van der Waals surface area contributed by atoms with Crippen molar-refractivity contribution in [1.82, 2.24) is 9.55 Å². The van der Waals surface area contributed by atoms with E-state index >= 15 is 0 Å². The van der Waals surface area contributed by atoms with E-state index in [-0.39, 0.29) is 6.04 Å². The van der Waals surface area contributed by atoms with Crippen molar-refractivity contribution in [1.29, 1.82) is 0 Å². The van der Waals surface area contributed by atoms with Gasteiger partial charge >= 0.3 is 0 Å². The minimum Gasteiger partial charge on any atom is -0.330 e. The molecule has 1 aliphatic heterocycles. The molecule has 2 N–H and O–H groups in total. The zero-order valence-corrected chi connectivity index (χ0v) is 12.8. The lowest BCUT2D eigenvalue weighted by Crippen LogP contribution is -2.32. The third kappa shape index (κ3) is 1.97. The van der Waals surface area contributed by atoms with Gasteiger partial charge in [-0.15, -0.1) is 0 Å². The van der Waals surface area contributed by atoms with Crippen molar-refractivity contribution < 1.29 is 0 Å². The number of aromatic nitrogens is 2. The highest BCUT2D eigenvalue weighted by Gasteiger charge is 2.23. The quantitative estimate of drug-likeness (QED) is 0.864. The molecule has 1 atom stereocenters. The normalized spacial score (nSPS) is 18.1. The van der Waals surface area contributed by atoms with Crippen molar-refractivity contribution in [2.24, 2.45) is 5.73 Å². The van der Waals surface area contributed by atoms with E-state index in [0.717, 1.165) is 30.9 Å². The van der Waals surface area contributed by atoms with Crippen LogP contribution in [0.15, 0.2) is 12.1 Å². The highest BCUT2D eigenvalue weighted by atomic mass is 15.1. The molecular formula is C17H23N3. The summed E-state index contributed by atoms with van der Waals surface area (Å²) in [4.78, 5) is 4.84. The first-order valence-electron chi connectivity index (χ1n) is 7.37. The first-order valence-corrected chi connectivity index (χ1v) is 7.37. The maximum Gasteiger partial charge on any atom is 0.106 e. The average molecular weight is 269 g/mol. The van der Waals surface area contributed by atoms with Crippen molar-refractivity contribution in [3.63, 3.8) is 0 Å². The molecule has 0 aliphatic carbocycles. The van der Waals surface area contributed by atoms with Crippen LogP contribution in [-0.4, -0.2) is 15.6 Å². The summed E-state index contributed by atoms with van der Waals surface area (Å²) < 4.78 is 2.30. The van der Waals surface area contributed by atoms with Crippen LogP contribution in [0, 0.1) is 27.7 Å². The van der Waals surface area contributed by atoms with Gasteiger partial charge in [0.2, 0.25) is 0 Å². The molecule has 1 aromatic heterocycles. The Hall–Kier alpha value is -1.61. The Kier molecular flexibility index (Phi) is 3.17. The van der Waals surface area contributed by atoms with Crippen LogP contribution in [-0.2, 0) is 13.0 Å². The Morgan fingerprint density at radius 2 is 1.90 bits per heavy atom. The maximum atomic E-state index is 6.09. The smallest absolute Gasteiger partial charge is 0.106 e. The van der Waals surface area contributed by atoms with Gasteiger partial charge in [0.15, 0.2) is 0 Å². The van der Waals surface area contributed by atoms with Crippen LogP contribution in [0.1, 0.15) is 34.6 Å². The third-order valence-corrected chi connectivity index (χ3v) is 4.75. The molecule has 20 heavy (non-hydrogen) atoms. The molecule has 3 heteroatoms. The lowest BCUT2D eigenvalue weighted by Gasteiger charge is -2.22. The molecular weight excluding hydrogens is 246 g/mol. The van der Waals surface area contributed by atoms with E-state index in [1.54, 1.807) is 0 Å². The fourth-order valence-electron chi connectivity index (χ4n) is 3.18. The van der Waals surface area contributed by atoms with E-state index in [0.29, 0.717) is 0 Å². The maximum absolute atomic E-state index is 6.09. The summed E-state index contributed by atoms with van der Waals surface area (Å²) in [6, 6.07) is 4.69. The van der Waals surface area contributed by atoms with Crippen LogP contribution >= 0.6 is 0 Å². The summed E-state index contributed by atoms with van der Waals surface area (Å²) in [6.07, 6.45) is 2.09. The van der Waals surface area contributed by atoms with Gasteiger partial charge in [0.05, 0.1) is 5.69 Å². The number of imidazole rings is 1. The molecule has 0 amide bonds. The van der Waals surface area contributed by atoms with Crippen LogP contribution in [0.2, 0.25) is 0 Å². The Balaban J connectivity index is 2.17. The highest BCUT2D eigenvalue weighted by molar-refractivity contribution is 5.68. The van der Waals surface area contributed by atoms with E-state index in [9.17, 15) is 0 Å². The minimum atomic E-state index is 0.268. The minimum absolute atomic E-state index is 0.268. The molecule has 3 rings (SSSR count). The van der Waals surface area contributed by atoms with Crippen molar-refractivity contribution >= 4 is 0 Å². The Labute approximate surface area is 120 Å². The summed E-state index contributed by atoms with van der Waals surface area (Å²) in [6.45, 7) is 9.55. The van der Waals surface area contributed by atoms with E-state index in [1.165, 1.54) is 27.9 Å². The van der Waals surface area contributed by atoms with Crippen LogP contribution in [0.4, 0.5) is 0 Å². The van der Waals surface area contributed by atoms with E-state index in [4.69, 9.17) is 10.7 Å². The molecule has 0 saturated carbocycles. The Morgan fingerprint density at radius 3 is 2.65 bits per heavy atom. The summed E-state index contributed by atoms with van der Waals surface area (Å²) in [7, 11) is 0. The molecule has 2 heterocycles. The topological polar surface area (TPSA) is 43.8 Å². The fraction of sp³-hybridized carbons (Fsp3) is 0.471. The summed E-state index contributed by atoms with van der Waals surface area (Å²) in [5.41, 5.74) is 14.0. The van der Waals surface area contributed by atoms with E-state index in [2.05, 4.69) is 44.4 Å². The predicted molar refractivity (Wildman–Crippen MR) is 82.9 cm³/mol. The van der Waals surface area contributed by atoms with Gasteiger partial charge in [-0.05, 0) is 57.2 Å². The van der Waals surface area contributed by atoms with Gasteiger partial charge in [-0.25, -0.2) is 4.98 Å². The number of hydrogen-bond donors (Lipinski definition) is 1. The van der Waals surface area contributed by atoms with Gasteiger partial charge in [0, 0.05) is 23.8 Å². The molecule has 0 radical (unpaired) electrons. The lowest BCUT2D eigenvalue weighted by molar-refractivity contribution is 0.454. The fourth-order valence-corrected chi connectivity index (χ4v) is 3.18. The number of nitrogens with zero attached hydrogens (tertiary/aromatic N) is 2. The van der Waals surface area contributed by atoms with Crippen LogP contribution in [0.5, 0.6) is 0 Å². The average Bonchev–Trinajstić information content (AvgIpc) is 2.73. The second-order valence-corrected chi connectivity index (χ2v) is 6.04. The van der Waals surface area contributed by atoms with Gasteiger partial charge in [-0.2, -0.15) is 0 Å². The molecule has 1 unspecified atom stereocenters. The predicted octanol–water partition coefficient (Wildman–Crippen LogP) is 3.06. The lowest BCUT2D eigenvalue weighted by atomic mass is 9.94. The second-order valence-electron chi connectivity index (χ2n) is 6.04. The first-order chi connectivity index (χ1) is 9.49. The molecule has 1 aliphatic rings. The monoisotopic (exact) mass is 269 g/mol. The van der Waals surface area contributed by atoms with Crippen LogP contribution < -0.4 is 5.73 Å². The number of fused-ring (bicyclic) bond motifs is 1. The summed E-state index contributed by atoms with van der Waals surface area (Å²) >= 11 is 0. The summed E-state index contributed by atoms with van der Waals surface area (Å²) in [5, 5.41) is 0. The van der Waals surface area contributed by atoms with E-state index in [1.807, 2.05) is 0 Å². The molecule has 106 valence electrons. The van der Waals surface area contributed by atoms with Gasteiger partial charge < -0.3 is 10.3 Å². The Morgan fingerprint density at radius 1 is 1.15 bits per heavy atom. The number of aryl methyl sites for hydroxylation is 2. The number of hydrogen-bond acceptors (Lipinski definition) is 2. The molecule has 1 aromatic carbocycles. The highest BCUT2D eigenvalue weighted by Crippen LogP contribution is 2.32. The number of rotatable bonds is 1. The largest absolute Gasteiger partial charge is 0.330 e. The van der Waals surface area contributed by atoms with Crippen LogP contribution in [0.3, 0.4) is 0 Å². The number of nitrogens with two attached hydrogens (primary N) is 1. The molecule has 0 fully saturated rings. The van der Waals surface area contributed by atoms with Crippen molar-refractivity contribution in [2.45, 2.75) is 53.1 Å². The standard InChI is InChI=1S/C17H23N3/c1-10-5-7-15(12(3)11(10)2)17-16-8-6-14(18)9-20(16)13(4)19-17/h5,7,14H,6,8-9,18H2,1-4H3. The zero-order chi connectivity index (χ0) is 14.4. The first kappa shape index (κ1) is 13.4. The number of benzene rings is 1. The zero-order valence-electron chi connectivity index (χ0n) is 12.8. The van der Waals surface area contributed by atoms with Gasteiger partial charge in [-0.3, -0.25) is 0 Å². The van der Waals surface area contributed by atoms with Gasteiger partial charge in [-0.1, -0.05) is 12.1 Å². The van der Waals surface area contributed by atoms with Crippen molar-refractivity contribution in [2.75, 3.05) is 0 Å². The molecule has 0 bridgehead atoms. The van der Waals surface area contributed by atoms with E-state index < -0.39 is 0 Å². The molecule has 2 aromatic rings. The SMILES string of the molecule is Cc1ccc(-c2nc(C)n3c2CCC(N)C3)c(C)c1C. The van der Waals surface area contributed by atoms with Gasteiger partial charge in [0.25, 0.3) is 0 Å². The second kappa shape index (κ2) is 4.74. The Bertz CT molecular complexity index is 667. The van der Waals surface area contributed by atoms with Crippen LogP contribution in [0.25, 0.3) is 11.3 Å². The van der Waals surface area contributed by atoms with Crippen molar-refractivity contribution in [3.05, 3.63) is 40.3 Å². The van der Waals surface area contributed by atoms with Gasteiger partial charge in [0.1, 0.15) is 5.82 Å². The molecule has 3 nitrogen and oxygen atoms in total. The molecule has 0 spiro atoms. The van der Waals surface area contributed by atoms with Crippen molar-refractivity contribution in [3.8, 4) is 11.3 Å².